The molecule has 0 radical (unpaired) electrons. The summed E-state index contributed by atoms with van der Waals surface area (Å²) in [5, 5.41) is 0.810. The number of rotatable bonds is 6. The van der Waals surface area contributed by atoms with E-state index in [0.717, 1.165) is 30.0 Å². The lowest BCUT2D eigenvalue weighted by molar-refractivity contribution is 0.469. The minimum Gasteiger partial charge on any atom is -0.368 e. The summed E-state index contributed by atoms with van der Waals surface area (Å²) in [6, 6.07) is 6.30. The van der Waals surface area contributed by atoms with Crippen LogP contribution in [0, 0.1) is 0 Å². The number of nitrogens with two attached hydrogens (primary N) is 1. The molecule has 0 saturated heterocycles. The Kier molecular flexibility index (Phi) is 5.69. The van der Waals surface area contributed by atoms with E-state index < -0.39 is 0 Å². The Bertz CT molecular complexity index is 415. The Morgan fingerprint density at radius 3 is 2.47 bits per heavy atom. The summed E-state index contributed by atoms with van der Waals surface area (Å²) in [6.07, 6.45) is 2.91. The van der Waals surface area contributed by atoms with Gasteiger partial charge in [0.2, 0.25) is 0 Å². The molecular weight excluding hydrogens is 256 g/mol. The lowest BCUT2D eigenvalue weighted by Gasteiger charge is -2.38. The fraction of sp³-hybridized carbons (Fsp3) is 0.625. The molecule has 3 heteroatoms. The van der Waals surface area contributed by atoms with Gasteiger partial charge in [-0.2, -0.15) is 0 Å². The third-order valence-electron chi connectivity index (χ3n) is 4.19. The first-order valence-corrected chi connectivity index (χ1v) is 7.48. The van der Waals surface area contributed by atoms with E-state index >= 15 is 0 Å². The third-order valence-corrected chi connectivity index (χ3v) is 4.49. The number of anilines is 1. The first-order valence-electron chi connectivity index (χ1n) is 7.10. The van der Waals surface area contributed by atoms with Gasteiger partial charge in [0.15, 0.2) is 0 Å². The Balaban J connectivity index is 3.18. The SMILES string of the molecule is CCC(N)Cc1cccc(Cl)c1N(C)C(C)(C)CC. The molecule has 1 aromatic carbocycles. The summed E-state index contributed by atoms with van der Waals surface area (Å²) >= 11 is 6.43. The molecule has 0 heterocycles. The fourth-order valence-electron chi connectivity index (χ4n) is 2.07. The maximum atomic E-state index is 6.43. The molecule has 19 heavy (non-hydrogen) atoms. The molecule has 1 atom stereocenters. The predicted octanol–water partition coefficient (Wildman–Crippen LogP) is 4.24. The van der Waals surface area contributed by atoms with Crippen molar-refractivity contribution in [2.45, 2.75) is 58.5 Å². The fourth-order valence-corrected chi connectivity index (χ4v) is 2.39. The molecule has 2 nitrogen and oxygen atoms in total. The van der Waals surface area contributed by atoms with E-state index in [1.165, 1.54) is 5.56 Å². The van der Waals surface area contributed by atoms with Gasteiger partial charge < -0.3 is 10.6 Å². The van der Waals surface area contributed by atoms with Crippen molar-refractivity contribution >= 4 is 17.3 Å². The summed E-state index contributed by atoms with van der Waals surface area (Å²) < 4.78 is 0. The summed E-state index contributed by atoms with van der Waals surface area (Å²) in [5.41, 5.74) is 8.55. The van der Waals surface area contributed by atoms with Crippen LogP contribution in [0.5, 0.6) is 0 Å². The topological polar surface area (TPSA) is 29.3 Å². The summed E-state index contributed by atoms with van der Waals surface area (Å²) in [5.74, 6) is 0. The van der Waals surface area contributed by atoms with E-state index in [1.54, 1.807) is 0 Å². The zero-order valence-electron chi connectivity index (χ0n) is 12.8. The van der Waals surface area contributed by atoms with Crippen molar-refractivity contribution in [1.29, 1.82) is 0 Å². The number of nitrogens with zero attached hydrogens (tertiary/aromatic N) is 1. The molecule has 0 aliphatic heterocycles. The second kappa shape index (κ2) is 6.62. The highest BCUT2D eigenvalue weighted by molar-refractivity contribution is 6.33. The molecule has 0 fully saturated rings. The minimum atomic E-state index is 0.0794. The van der Waals surface area contributed by atoms with Gasteiger partial charge in [0.1, 0.15) is 0 Å². The molecule has 0 amide bonds. The predicted molar refractivity (Wildman–Crippen MR) is 86.2 cm³/mol. The Morgan fingerprint density at radius 2 is 1.95 bits per heavy atom. The molecule has 2 N–H and O–H groups in total. The van der Waals surface area contributed by atoms with Crippen LogP contribution < -0.4 is 10.6 Å². The van der Waals surface area contributed by atoms with Gasteiger partial charge in [0.05, 0.1) is 10.7 Å². The van der Waals surface area contributed by atoms with Crippen molar-refractivity contribution in [2.24, 2.45) is 5.73 Å². The maximum Gasteiger partial charge on any atom is 0.0642 e. The third kappa shape index (κ3) is 3.87. The van der Waals surface area contributed by atoms with Crippen LogP contribution in [-0.4, -0.2) is 18.6 Å². The number of hydrogen-bond donors (Lipinski definition) is 1. The van der Waals surface area contributed by atoms with E-state index in [0.29, 0.717) is 0 Å². The normalized spacial score (nSPS) is 13.4. The van der Waals surface area contributed by atoms with E-state index in [-0.39, 0.29) is 11.6 Å². The zero-order valence-corrected chi connectivity index (χ0v) is 13.6. The second-order valence-corrected chi connectivity index (χ2v) is 6.25. The van der Waals surface area contributed by atoms with Crippen molar-refractivity contribution in [2.75, 3.05) is 11.9 Å². The molecule has 1 unspecified atom stereocenters. The van der Waals surface area contributed by atoms with Gasteiger partial charge in [0, 0.05) is 18.6 Å². The van der Waals surface area contributed by atoms with Gasteiger partial charge in [-0.25, -0.2) is 0 Å². The maximum absolute atomic E-state index is 6.43. The standard InChI is InChI=1S/C16H27ClN2/c1-6-13(18)11-12-9-8-10-14(17)15(12)19(5)16(3,4)7-2/h8-10,13H,6-7,11,18H2,1-5H3. The quantitative estimate of drug-likeness (QED) is 0.845. The molecule has 0 saturated carbocycles. The van der Waals surface area contributed by atoms with Gasteiger partial charge in [-0.1, -0.05) is 37.6 Å². The molecule has 1 rings (SSSR count). The average Bonchev–Trinajstić information content (AvgIpc) is 2.38. The van der Waals surface area contributed by atoms with Crippen molar-refractivity contribution in [3.8, 4) is 0 Å². The molecule has 0 aromatic heterocycles. The molecule has 0 spiro atoms. The van der Waals surface area contributed by atoms with Crippen molar-refractivity contribution < 1.29 is 0 Å². The van der Waals surface area contributed by atoms with E-state index in [9.17, 15) is 0 Å². The van der Waals surface area contributed by atoms with Gasteiger partial charge >= 0.3 is 0 Å². The van der Waals surface area contributed by atoms with Crippen molar-refractivity contribution in [3.63, 3.8) is 0 Å². The van der Waals surface area contributed by atoms with Crippen LogP contribution in [0.3, 0.4) is 0 Å². The lowest BCUT2D eigenvalue weighted by Crippen LogP contribution is -2.41. The molecule has 0 aliphatic rings. The highest BCUT2D eigenvalue weighted by Crippen LogP contribution is 2.35. The Labute approximate surface area is 122 Å². The van der Waals surface area contributed by atoms with Crippen LogP contribution >= 0.6 is 11.6 Å². The highest BCUT2D eigenvalue weighted by atomic mass is 35.5. The Morgan fingerprint density at radius 1 is 1.32 bits per heavy atom. The van der Waals surface area contributed by atoms with Gasteiger partial charge in [-0.05, 0) is 44.7 Å². The smallest absolute Gasteiger partial charge is 0.0642 e. The zero-order chi connectivity index (χ0) is 14.6. The summed E-state index contributed by atoms with van der Waals surface area (Å²) in [7, 11) is 2.12. The summed E-state index contributed by atoms with van der Waals surface area (Å²) in [6.45, 7) is 8.79. The van der Waals surface area contributed by atoms with Crippen molar-refractivity contribution in [1.82, 2.24) is 0 Å². The minimum absolute atomic E-state index is 0.0794. The lowest BCUT2D eigenvalue weighted by atomic mass is 9.96. The number of para-hydroxylation sites is 1. The van der Waals surface area contributed by atoms with Gasteiger partial charge in [-0.15, -0.1) is 0 Å². The molecule has 108 valence electrons. The van der Waals surface area contributed by atoms with Crippen LogP contribution in [0.4, 0.5) is 5.69 Å². The van der Waals surface area contributed by atoms with Crippen LogP contribution in [-0.2, 0) is 6.42 Å². The number of benzene rings is 1. The van der Waals surface area contributed by atoms with Gasteiger partial charge in [0.25, 0.3) is 0 Å². The number of halogens is 1. The first-order chi connectivity index (χ1) is 8.83. The van der Waals surface area contributed by atoms with Crippen LogP contribution in [0.2, 0.25) is 5.02 Å². The van der Waals surface area contributed by atoms with Crippen molar-refractivity contribution in [3.05, 3.63) is 28.8 Å². The molecule has 0 bridgehead atoms. The highest BCUT2D eigenvalue weighted by Gasteiger charge is 2.25. The Hall–Kier alpha value is -0.730. The van der Waals surface area contributed by atoms with Gasteiger partial charge in [-0.3, -0.25) is 0 Å². The van der Waals surface area contributed by atoms with Crippen LogP contribution in [0.1, 0.15) is 46.1 Å². The summed E-state index contributed by atoms with van der Waals surface area (Å²) in [4.78, 5) is 2.28. The van der Waals surface area contributed by atoms with Crippen LogP contribution in [0.25, 0.3) is 0 Å². The second-order valence-electron chi connectivity index (χ2n) is 5.85. The average molecular weight is 283 g/mol. The number of hydrogen-bond acceptors (Lipinski definition) is 2. The van der Waals surface area contributed by atoms with E-state index in [1.807, 2.05) is 12.1 Å². The largest absolute Gasteiger partial charge is 0.368 e. The van der Waals surface area contributed by atoms with Crippen LogP contribution in [0.15, 0.2) is 18.2 Å². The molecular formula is C16H27ClN2. The first kappa shape index (κ1) is 16.3. The van der Waals surface area contributed by atoms with E-state index in [2.05, 4.69) is 45.7 Å². The monoisotopic (exact) mass is 282 g/mol. The molecule has 0 aliphatic carbocycles. The molecule has 1 aromatic rings. The van der Waals surface area contributed by atoms with E-state index in [4.69, 9.17) is 17.3 Å².